The van der Waals surface area contributed by atoms with Crippen LogP contribution in [-0.2, 0) is 9.53 Å². The molecule has 1 N–H and O–H groups in total. The van der Waals surface area contributed by atoms with Crippen LogP contribution in [0, 0.1) is 0 Å². The van der Waals surface area contributed by atoms with Crippen molar-refractivity contribution in [3.8, 4) is 0 Å². The second kappa shape index (κ2) is 4.46. The Balaban J connectivity index is 2.76. The van der Waals surface area contributed by atoms with Crippen LogP contribution >= 0.6 is 0 Å². The third kappa shape index (κ3) is 2.26. The number of hydrogen-bond donors (Lipinski definition) is 1. The van der Waals surface area contributed by atoms with E-state index >= 15 is 0 Å². The van der Waals surface area contributed by atoms with E-state index in [0.717, 1.165) is 6.54 Å². The maximum absolute atomic E-state index is 11.3. The second-order valence-corrected chi connectivity index (χ2v) is 3.73. The molecule has 0 unspecified atom stereocenters. The molecular weight excluding hydrogens is 182 g/mol. The number of carbonyl (C=O) groups excluding carboxylic acids is 1. The smallest absolute Gasteiger partial charge is 0.338 e. The maximum Gasteiger partial charge on any atom is 0.338 e. The van der Waals surface area contributed by atoms with Crippen molar-refractivity contribution in [2.75, 3.05) is 20.2 Å². The predicted molar refractivity (Wildman–Crippen MR) is 53.0 cm³/mol. The lowest BCUT2D eigenvalue weighted by Crippen LogP contribution is -2.39. The number of esters is 1. The fourth-order valence-corrected chi connectivity index (χ4v) is 1.52. The maximum atomic E-state index is 11.3. The Morgan fingerprint density at radius 1 is 1.57 bits per heavy atom. The number of methoxy groups -OCH3 is 1. The van der Waals surface area contributed by atoms with Gasteiger partial charge in [-0.1, -0.05) is 0 Å². The van der Waals surface area contributed by atoms with Gasteiger partial charge in [-0.2, -0.15) is 0 Å². The summed E-state index contributed by atoms with van der Waals surface area (Å²) >= 11 is 0. The number of carbonyl (C=O) groups is 1. The van der Waals surface area contributed by atoms with Gasteiger partial charge in [0.15, 0.2) is 0 Å². The van der Waals surface area contributed by atoms with Gasteiger partial charge < -0.3 is 9.84 Å². The lowest BCUT2D eigenvalue weighted by atomic mass is 10.1. The van der Waals surface area contributed by atoms with Crippen molar-refractivity contribution in [1.82, 2.24) is 4.90 Å². The minimum atomic E-state index is -0.423. The zero-order valence-corrected chi connectivity index (χ0v) is 8.91. The van der Waals surface area contributed by atoms with Gasteiger partial charge in [-0.15, -0.1) is 0 Å². The molecule has 0 amide bonds. The van der Waals surface area contributed by atoms with Crippen LogP contribution in [-0.4, -0.2) is 42.2 Å². The average Bonchev–Trinajstić information content (AvgIpc) is 2.17. The molecule has 80 valence electrons. The Labute approximate surface area is 84.2 Å². The van der Waals surface area contributed by atoms with Crippen molar-refractivity contribution in [2.45, 2.75) is 26.3 Å². The molecule has 1 aliphatic heterocycles. The summed E-state index contributed by atoms with van der Waals surface area (Å²) in [6.45, 7) is 5.41. The van der Waals surface area contributed by atoms with Crippen LogP contribution in [0.15, 0.2) is 11.3 Å². The molecule has 0 aromatic carbocycles. The van der Waals surface area contributed by atoms with Gasteiger partial charge in [0, 0.05) is 25.6 Å². The summed E-state index contributed by atoms with van der Waals surface area (Å²) in [5.74, 6) is -0.249. The highest BCUT2D eigenvalue weighted by Gasteiger charge is 2.25. The van der Waals surface area contributed by atoms with E-state index in [9.17, 15) is 9.90 Å². The Bertz CT molecular complexity index is 258. The number of aliphatic hydroxyl groups excluding tert-OH is 1. The van der Waals surface area contributed by atoms with Crippen LogP contribution in [0.4, 0.5) is 0 Å². The first kappa shape index (κ1) is 11.0. The van der Waals surface area contributed by atoms with Crippen molar-refractivity contribution in [2.24, 2.45) is 0 Å². The van der Waals surface area contributed by atoms with Gasteiger partial charge in [-0.3, -0.25) is 4.90 Å². The van der Waals surface area contributed by atoms with E-state index in [1.807, 2.05) is 0 Å². The van der Waals surface area contributed by atoms with Gasteiger partial charge in [-0.25, -0.2) is 4.79 Å². The molecule has 4 nitrogen and oxygen atoms in total. The number of aliphatic hydroxyl groups is 1. The highest BCUT2D eigenvalue weighted by molar-refractivity contribution is 5.89. The van der Waals surface area contributed by atoms with Crippen molar-refractivity contribution in [3.63, 3.8) is 0 Å². The molecule has 14 heavy (non-hydrogen) atoms. The first-order valence-electron chi connectivity index (χ1n) is 4.79. The van der Waals surface area contributed by atoms with Gasteiger partial charge in [0.05, 0.1) is 12.7 Å². The zero-order chi connectivity index (χ0) is 10.7. The van der Waals surface area contributed by atoms with Gasteiger partial charge in [0.1, 0.15) is 5.76 Å². The predicted octanol–water partition coefficient (Wildman–Crippen LogP) is 1.09. The molecule has 0 radical (unpaired) electrons. The van der Waals surface area contributed by atoms with E-state index in [2.05, 4.69) is 23.5 Å². The fraction of sp³-hybridized carbons (Fsp3) is 0.700. The SMILES string of the molecule is COC(=O)C1=C(O)CCN(C(C)C)C1. The molecule has 0 bridgehead atoms. The third-order valence-electron chi connectivity index (χ3n) is 2.51. The molecule has 1 aliphatic rings. The van der Waals surface area contributed by atoms with Gasteiger partial charge in [-0.05, 0) is 13.8 Å². The van der Waals surface area contributed by atoms with Crippen LogP contribution in [0.2, 0.25) is 0 Å². The molecule has 0 aromatic heterocycles. The number of ether oxygens (including phenoxy) is 1. The van der Waals surface area contributed by atoms with Crippen LogP contribution in [0.5, 0.6) is 0 Å². The summed E-state index contributed by atoms with van der Waals surface area (Å²) in [5.41, 5.74) is 0.396. The topological polar surface area (TPSA) is 49.8 Å². The monoisotopic (exact) mass is 199 g/mol. The normalized spacial score (nSPS) is 18.9. The molecule has 0 saturated carbocycles. The lowest BCUT2D eigenvalue weighted by Gasteiger charge is -2.30. The second-order valence-electron chi connectivity index (χ2n) is 3.73. The van der Waals surface area contributed by atoms with Gasteiger partial charge in [0.25, 0.3) is 0 Å². The molecule has 0 spiro atoms. The molecule has 4 heteroatoms. The molecule has 0 aromatic rings. The highest BCUT2D eigenvalue weighted by Crippen LogP contribution is 2.18. The Morgan fingerprint density at radius 3 is 2.71 bits per heavy atom. The van der Waals surface area contributed by atoms with Gasteiger partial charge in [0.2, 0.25) is 0 Å². The van der Waals surface area contributed by atoms with E-state index in [1.54, 1.807) is 0 Å². The Morgan fingerprint density at radius 2 is 2.21 bits per heavy atom. The summed E-state index contributed by atoms with van der Waals surface area (Å²) in [6, 6.07) is 0.378. The van der Waals surface area contributed by atoms with E-state index in [1.165, 1.54) is 7.11 Å². The van der Waals surface area contributed by atoms with Crippen LogP contribution in [0.25, 0.3) is 0 Å². The molecule has 0 atom stereocenters. The minimum Gasteiger partial charge on any atom is -0.512 e. The van der Waals surface area contributed by atoms with Crippen LogP contribution in [0.1, 0.15) is 20.3 Å². The molecule has 1 rings (SSSR count). The van der Waals surface area contributed by atoms with Crippen LogP contribution in [0.3, 0.4) is 0 Å². The third-order valence-corrected chi connectivity index (χ3v) is 2.51. The summed E-state index contributed by atoms with van der Waals surface area (Å²) in [6.07, 6.45) is 0.530. The molecular formula is C10H17NO3. The van der Waals surface area contributed by atoms with Gasteiger partial charge >= 0.3 is 5.97 Å². The fourth-order valence-electron chi connectivity index (χ4n) is 1.52. The van der Waals surface area contributed by atoms with Crippen molar-refractivity contribution in [3.05, 3.63) is 11.3 Å². The van der Waals surface area contributed by atoms with Crippen molar-refractivity contribution in [1.29, 1.82) is 0 Å². The number of rotatable bonds is 2. The van der Waals surface area contributed by atoms with E-state index < -0.39 is 5.97 Å². The molecule has 0 saturated heterocycles. The summed E-state index contributed by atoms with van der Waals surface area (Å²) in [5, 5.41) is 9.52. The first-order chi connectivity index (χ1) is 6.56. The summed E-state index contributed by atoms with van der Waals surface area (Å²) in [7, 11) is 1.33. The average molecular weight is 199 g/mol. The Hall–Kier alpha value is -1.03. The molecule has 1 heterocycles. The van der Waals surface area contributed by atoms with Crippen LogP contribution < -0.4 is 0 Å². The lowest BCUT2D eigenvalue weighted by molar-refractivity contribution is -0.136. The standard InChI is InChI=1S/C10H17NO3/c1-7(2)11-5-4-9(12)8(6-11)10(13)14-3/h7,12H,4-6H2,1-3H3. The minimum absolute atomic E-state index is 0.175. The molecule has 0 fully saturated rings. The van der Waals surface area contributed by atoms with Crippen molar-refractivity contribution >= 4 is 5.97 Å². The summed E-state index contributed by atoms with van der Waals surface area (Å²) in [4.78, 5) is 13.4. The highest BCUT2D eigenvalue weighted by atomic mass is 16.5. The largest absolute Gasteiger partial charge is 0.512 e. The zero-order valence-electron chi connectivity index (χ0n) is 8.91. The van der Waals surface area contributed by atoms with Crippen molar-refractivity contribution < 1.29 is 14.6 Å². The summed E-state index contributed by atoms with van der Waals surface area (Å²) < 4.78 is 4.60. The molecule has 0 aliphatic carbocycles. The quantitative estimate of drug-likeness (QED) is 0.676. The Kier molecular flexibility index (Phi) is 3.52. The number of nitrogens with zero attached hydrogens (tertiary/aromatic N) is 1. The van der Waals surface area contributed by atoms with E-state index in [-0.39, 0.29) is 5.76 Å². The van der Waals surface area contributed by atoms with E-state index in [4.69, 9.17) is 0 Å². The number of hydrogen-bond acceptors (Lipinski definition) is 4. The first-order valence-corrected chi connectivity index (χ1v) is 4.79. The van der Waals surface area contributed by atoms with E-state index in [0.29, 0.717) is 24.6 Å².